The quantitative estimate of drug-likeness (QED) is 0.205. The highest BCUT2D eigenvalue weighted by atomic mass is 127. The van der Waals surface area contributed by atoms with Crippen molar-refractivity contribution < 1.29 is 33.4 Å². The van der Waals surface area contributed by atoms with Gasteiger partial charge in [0, 0.05) is 17.4 Å². The maximum atomic E-state index is 13.3. The Labute approximate surface area is 173 Å². The first-order chi connectivity index (χ1) is 13.2. The number of hydrogen-bond acceptors (Lipinski definition) is 7. The van der Waals surface area contributed by atoms with Crippen LogP contribution in [0.5, 0.6) is 0 Å². The van der Waals surface area contributed by atoms with Crippen LogP contribution in [0.25, 0.3) is 0 Å². The number of halogens is 1. The summed E-state index contributed by atoms with van der Waals surface area (Å²) in [6.45, 7) is 2.32. The molecular formula is C19H16INO7. The van der Waals surface area contributed by atoms with Gasteiger partial charge in [0.25, 0.3) is 6.29 Å². The van der Waals surface area contributed by atoms with Gasteiger partial charge in [-0.15, -0.1) is 0 Å². The molecule has 2 fully saturated rings. The molecule has 0 unspecified atom stereocenters. The van der Waals surface area contributed by atoms with Crippen LogP contribution in [0.4, 0.5) is 5.69 Å². The van der Waals surface area contributed by atoms with Crippen LogP contribution in [-0.2, 0) is 33.4 Å². The van der Waals surface area contributed by atoms with Gasteiger partial charge in [-0.2, -0.15) is 0 Å². The largest absolute Gasteiger partial charge is 0.422 e. The van der Waals surface area contributed by atoms with E-state index in [0.717, 1.165) is 22.3 Å². The van der Waals surface area contributed by atoms with Gasteiger partial charge in [-0.25, -0.2) is 4.90 Å². The van der Waals surface area contributed by atoms with E-state index in [1.165, 1.54) is 0 Å². The van der Waals surface area contributed by atoms with Crippen molar-refractivity contribution in [3.05, 3.63) is 40.0 Å². The summed E-state index contributed by atoms with van der Waals surface area (Å²) >= 11 is 2.13. The smallest absolute Gasteiger partial charge is 0.305 e. The molecule has 0 radical (unpaired) electrons. The summed E-state index contributed by atoms with van der Waals surface area (Å²) in [7, 11) is 0. The van der Waals surface area contributed by atoms with Crippen LogP contribution in [0.3, 0.4) is 0 Å². The summed E-state index contributed by atoms with van der Waals surface area (Å²) in [6.07, 6.45) is 1.07. The minimum absolute atomic E-state index is 0.392. The van der Waals surface area contributed by atoms with Crippen LogP contribution in [-0.4, -0.2) is 41.7 Å². The van der Waals surface area contributed by atoms with Gasteiger partial charge in [0.1, 0.15) is 0 Å². The lowest BCUT2D eigenvalue weighted by Crippen LogP contribution is -2.52. The van der Waals surface area contributed by atoms with E-state index in [9.17, 15) is 19.2 Å². The molecule has 8 nitrogen and oxygen atoms in total. The molecule has 0 aromatic heterocycles. The Balaban J connectivity index is 1.74. The number of carbonyl (C=O) groups is 4. The van der Waals surface area contributed by atoms with E-state index in [1.807, 2.05) is 0 Å². The molecule has 1 aromatic carbocycles. The average molecular weight is 497 g/mol. The first kappa shape index (κ1) is 19.1. The number of imide groups is 1. The monoisotopic (exact) mass is 497 g/mol. The van der Waals surface area contributed by atoms with Gasteiger partial charge >= 0.3 is 11.9 Å². The van der Waals surface area contributed by atoms with Crippen molar-refractivity contribution in [2.75, 3.05) is 4.90 Å². The molecule has 28 heavy (non-hydrogen) atoms. The lowest BCUT2D eigenvalue weighted by Gasteiger charge is -2.34. The third-order valence-electron chi connectivity index (χ3n) is 5.08. The Hall–Kier alpha value is -2.27. The highest BCUT2D eigenvalue weighted by Crippen LogP contribution is 2.54. The maximum Gasteiger partial charge on any atom is 0.305 e. The first-order valence-corrected chi connectivity index (χ1v) is 9.67. The average Bonchev–Trinajstić information content (AvgIpc) is 3.26. The molecule has 0 spiro atoms. The molecule has 2 bridgehead atoms. The Morgan fingerprint density at radius 1 is 1.11 bits per heavy atom. The van der Waals surface area contributed by atoms with Crippen molar-refractivity contribution in [3.8, 4) is 0 Å². The predicted molar refractivity (Wildman–Crippen MR) is 103 cm³/mol. The molecule has 9 heteroatoms. The standard InChI is InChI=1S/C19H16INO7/c1-9(22)26-18(27-10(2)23)19-8-7-13(28-19)14-15(19)17(25)21(16(14)24)12-5-3-11(20)4-6-12/h3-8,13-15,18H,1-2H3/t13-,14+,15+,19-/m0/s1. The van der Waals surface area contributed by atoms with Crippen LogP contribution in [0, 0.1) is 15.4 Å². The van der Waals surface area contributed by atoms with Gasteiger partial charge < -0.3 is 14.2 Å². The zero-order chi connectivity index (χ0) is 20.2. The molecule has 3 aliphatic rings. The van der Waals surface area contributed by atoms with E-state index in [2.05, 4.69) is 22.6 Å². The van der Waals surface area contributed by atoms with Crippen molar-refractivity contribution in [2.45, 2.75) is 31.8 Å². The minimum Gasteiger partial charge on any atom is -0.422 e. The molecule has 0 aliphatic carbocycles. The third kappa shape index (κ3) is 2.75. The summed E-state index contributed by atoms with van der Waals surface area (Å²) in [4.78, 5) is 50.6. The Morgan fingerprint density at radius 3 is 2.29 bits per heavy atom. The Morgan fingerprint density at radius 2 is 1.71 bits per heavy atom. The third-order valence-corrected chi connectivity index (χ3v) is 5.80. The predicted octanol–water partition coefficient (Wildman–Crippen LogP) is 1.56. The van der Waals surface area contributed by atoms with Gasteiger partial charge in [-0.3, -0.25) is 19.2 Å². The van der Waals surface area contributed by atoms with Crippen LogP contribution in [0.2, 0.25) is 0 Å². The fourth-order valence-electron chi connectivity index (χ4n) is 4.06. The van der Waals surface area contributed by atoms with E-state index in [0.29, 0.717) is 5.69 Å². The first-order valence-electron chi connectivity index (χ1n) is 8.59. The van der Waals surface area contributed by atoms with E-state index in [1.54, 1.807) is 36.4 Å². The number of hydrogen-bond donors (Lipinski definition) is 0. The molecule has 0 N–H and O–H groups in total. The summed E-state index contributed by atoms with van der Waals surface area (Å²) in [5.41, 5.74) is -1.08. The number of amides is 2. The van der Waals surface area contributed by atoms with Crippen LogP contribution < -0.4 is 4.90 Å². The van der Waals surface area contributed by atoms with E-state index < -0.39 is 53.6 Å². The summed E-state index contributed by atoms with van der Waals surface area (Å²) < 4.78 is 17.2. The topological polar surface area (TPSA) is 99.2 Å². The van der Waals surface area contributed by atoms with Crippen molar-refractivity contribution in [3.63, 3.8) is 0 Å². The van der Waals surface area contributed by atoms with E-state index in [4.69, 9.17) is 14.2 Å². The molecule has 4 atom stereocenters. The van der Waals surface area contributed by atoms with Crippen molar-refractivity contribution >= 4 is 52.0 Å². The number of nitrogens with zero attached hydrogens (tertiary/aromatic N) is 1. The van der Waals surface area contributed by atoms with Gasteiger partial charge in [0.2, 0.25) is 11.8 Å². The molecule has 2 saturated heterocycles. The molecule has 1 aromatic rings. The minimum atomic E-state index is -1.53. The highest BCUT2D eigenvalue weighted by Gasteiger charge is 2.72. The lowest BCUT2D eigenvalue weighted by atomic mass is 9.76. The summed E-state index contributed by atoms with van der Waals surface area (Å²) in [5, 5.41) is 0. The second-order valence-corrected chi connectivity index (χ2v) is 8.08. The maximum absolute atomic E-state index is 13.3. The van der Waals surface area contributed by atoms with Gasteiger partial charge in [-0.05, 0) is 52.9 Å². The Bertz CT molecular complexity index is 895. The fourth-order valence-corrected chi connectivity index (χ4v) is 4.42. The second kappa shape index (κ2) is 6.66. The van der Waals surface area contributed by atoms with Gasteiger partial charge in [0.15, 0.2) is 5.60 Å². The number of fused-ring (bicyclic) bond motifs is 5. The zero-order valence-corrected chi connectivity index (χ0v) is 17.1. The number of benzene rings is 1. The number of anilines is 1. The van der Waals surface area contributed by atoms with Gasteiger partial charge in [0.05, 0.1) is 23.6 Å². The van der Waals surface area contributed by atoms with Crippen LogP contribution in [0.15, 0.2) is 36.4 Å². The zero-order valence-electron chi connectivity index (χ0n) is 15.0. The molecule has 3 heterocycles. The highest BCUT2D eigenvalue weighted by molar-refractivity contribution is 14.1. The van der Waals surface area contributed by atoms with Crippen LogP contribution in [0.1, 0.15) is 13.8 Å². The van der Waals surface area contributed by atoms with Crippen LogP contribution >= 0.6 is 22.6 Å². The van der Waals surface area contributed by atoms with Crippen molar-refractivity contribution in [1.29, 1.82) is 0 Å². The molecule has 0 saturated carbocycles. The van der Waals surface area contributed by atoms with E-state index in [-0.39, 0.29) is 0 Å². The second-order valence-electron chi connectivity index (χ2n) is 6.84. The summed E-state index contributed by atoms with van der Waals surface area (Å²) in [5.74, 6) is -4.00. The molecule has 4 rings (SSSR count). The lowest BCUT2D eigenvalue weighted by molar-refractivity contribution is -0.226. The van der Waals surface area contributed by atoms with Crippen molar-refractivity contribution in [2.24, 2.45) is 11.8 Å². The van der Waals surface area contributed by atoms with Gasteiger partial charge in [-0.1, -0.05) is 6.08 Å². The Kier molecular flexibility index (Phi) is 4.53. The number of rotatable bonds is 4. The van der Waals surface area contributed by atoms with Crippen molar-refractivity contribution in [1.82, 2.24) is 0 Å². The normalized spacial score (nSPS) is 30.1. The molecule has 2 amide bonds. The molecule has 146 valence electrons. The SMILES string of the molecule is CC(=O)OC(OC(C)=O)[C@@]12C=C[C@H](O1)[C@H]1C(=O)N(c3ccc(I)cc3)C(=O)[C@@H]12. The van der Waals surface area contributed by atoms with E-state index >= 15 is 0 Å². The number of ether oxygens (including phenoxy) is 3. The fraction of sp³-hybridized carbons (Fsp3) is 0.368. The molecular weight excluding hydrogens is 481 g/mol. The summed E-state index contributed by atoms with van der Waals surface area (Å²) in [6, 6.07) is 6.97. The molecule has 3 aliphatic heterocycles. The number of esters is 2. The number of carbonyl (C=O) groups excluding carboxylic acids is 4.